The standard InChI is InChI=1S/C18H21F2N5O3S/c1-10(16(27)22-12-4-2-3-5-13(12)28-17(19)20)29-18-24-23-15(11-6-7-11)25(18)9-8-14(21)26/h2-5,10-11,17H,6-9H2,1H3,(H2,21,26)(H,22,27). The SMILES string of the molecule is CC(Sc1nnc(C2CC2)n1CCC(N)=O)C(=O)Nc1ccccc1OC(F)F. The zero-order valence-electron chi connectivity index (χ0n) is 15.7. The highest BCUT2D eigenvalue weighted by molar-refractivity contribution is 8.00. The number of carbonyl (C=O) groups excluding carboxylic acids is 2. The van der Waals surface area contributed by atoms with Gasteiger partial charge in [0.05, 0.1) is 10.9 Å². The van der Waals surface area contributed by atoms with Gasteiger partial charge in [0.2, 0.25) is 11.8 Å². The van der Waals surface area contributed by atoms with Gasteiger partial charge in [0.25, 0.3) is 0 Å². The molecule has 11 heteroatoms. The van der Waals surface area contributed by atoms with Crippen molar-refractivity contribution in [2.24, 2.45) is 5.73 Å². The molecule has 0 spiro atoms. The number of anilines is 1. The highest BCUT2D eigenvalue weighted by Crippen LogP contribution is 2.40. The lowest BCUT2D eigenvalue weighted by molar-refractivity contribution is -0.118. The van der Waals surface area contributed by atoms with Crippen LogP contribution in [-0.4, -0.2) is 38.4 Å². The number of nitrogens with two attached hydrogens (primary N) is 1. The fourth-order valence-electron chi connectivity index (χ4n) is 2.68. The lowest BCUT2D eigenvalue weighted by Gasteiger charge is -2.15. The van der Waals surface area contributed by atoms with Crippen molar-refractivity contribution in [2.75, 3.05) is 5.32 Å². The Balaban J connectivity index is 1.69. The van der Waals surface area contributed by atoms with Gasteiger partial charge in [0, 0.05) is 18.9 Å². The predicted octanol–water partition coefficient (Wildman–Crippen LogP) is 2.75. The first-order valence-electron chi connectivity index (χ1n) is 9.08. The second kappa shape index (κ2) is 9.21. The summed E-state index contributed by atoms with van der Waals surface area (Å²) in [7, 11) is 0. The minimum absolute atomic E-state index is 0.117. The second-order valence-corrected chi connectivity index (χ2v) is 7.91. The molecule has 0 radical (unpaired) electrons. The molecule has 1 aliphatic carbocycles. The van der Waals surface area contributed by atoms with Gasteiger partial charge < -0.3 is 20.4 Å². The van der Waals surface area contributed by atoms with E-state index in [4.69, 9.17) is 5.73 Å². The number of primary amides is 1. The van der Waals surface area contributed by atoms with Gasteiger partial charge in [-0.2, -0.15) is 8.78 Å². The molecule has 1 fully saturated rings. The average molecular weight is 425 g/mol. The van der Waals surface area contributed by atoms with Gasteiger partial charge in [-0.15, -0.1) is 10.2 Å². The largest absolute Gasteiger partial charge is 0.433 e. The van der Waals surface area contributed by atoms with E-state index in [-0.39, 0.29) is 17.9 Å². The van der Waals surface area contributed by atoms with Crippen LogP contribution in [0.4, 0.5) is 14.5 Å². The Morgan fingerprint density at radius 3 is 2.72 bits per heavy atom. The summed E-state index contributed by atoms with van der Waals surface area (Å²) in [6.45, 7) is -0.986. The highest BCUT2D eigenvalue weighted by Gasteiger charge is 2.31. The van der Waals surface area contributed by atoms with Crippen molar-refractivity contribution < 1.29 is 23.1 Å². The third kappa shape index (κ3) is 5.66. The van der Waals surface area contributed by atoms with Crippen molar-refractivity contribution in [3.8, 4) is 5.75 Å². The fourth-order valence-corrected chi connectivity index (χ4v) is 3.56. The summed E-state index contributed by atoms with van der Waals surface area (Å²) in [5.74, 6) is 0.147. The Kier molecular flexibility index (Phi) is 6.68. The topological polar surface area (TPSA) is 112 Å². The highest BCUT2D eigenvalue weighted by atomic mass is 32.2. The van der Waals surface area contributed by atoms with Crippen LogP contribution in [-0.2, 0) is 16.1 Å². The van der Waals surface area contributed by atoms with Gasteiger partial charge in [-0.05, 0) is 31.9 Å². The Hall–Kier alpha value is -2.69. The first kappa shape index (κ1) is 21.0. The summed E-state index contributed by atoms with van der Waals surface area (Å²) in [6.07, 6.45) is 2.16. The molecule has 1 heterocycles. The molecule has 0 bridgehead atoms. The van der Waals surface area contributed by atoms with E-state index in [1.807, 2.05) is 4.57 Å². The van der Waals surface area contributed by atoms with E-state index >= 15 is 0 Å². The van der Waals surface area contributed by atoms with E-state index in [9.17, 15) is 18.4 Å². The molecule has 1 atom stereocenters. The number of rotatable bonds is 10. The first-order chi connectivity index (χ1) is 13.8. The quantitative estimate of drug-likeness (QED) is 0.566. The molecule has 2 aromatic rings. The fraction of sp³-hybridized carbons (Fsp3) is 0.444. The van der Waals surface area contributed by atoms with E-state index in [0.29, 0.717) is 17.6 Å². The predicted molar refractivity (Wildman–Crippen MR) is 103 cm³/mol. The Morgan fingerprint density at radius 1 is 1.34 bits per heavy atom. The summed E-state index contributed by atoms with van der Waals surface area (Å²) in [6, 6.07) is 5.97. The Labute approximate surface area is 170 Å². The molecule has 29 heavy (non-hydrogen) atoms. The second-order valence-electron chi connectivity index (χ2n) is 6.61. The molecule has 3 N–H and O–H groups in total. The number of hydrogen-bond donors (Lipinski definition) is 2. The smallest absolute Gasteiger partial charge is 0.387 e. The number of halogens is 2. The van der Waals surface area contributed by atoms with E-state index in [2.05, 4.69) is 20.3 Å². The number of thioether (sulfide) groups is 1. The maximum atomic E-state index is 12.6. The monoisotopic (exact) mass is 425 g/mol. The number of alkyl halides is 2. The lowest BCUT2D eigenvalue weighted by Crippen LogP contribution is -2.24. The van der Waals surface area contributed by atoms with Crippen LogP contribution in [0, 0.1) is 0 Å². The molecule has 3 rings (SSSR count). The minimum atomic E-state index is -3.00. The number of nitrogens with zero attached hydrogens (tertiary/aromatic N) is 3. The van der Waals surface area contributed by atoms with E-state index in [1.165, 1.54) is 30.0 Å². The van der Waals surface area contributed by atoms with Gasteiger partial charge in [-0.1, -0.05) is 23.9 Å². The van der Waals surface area contributed by atoms with Crippen LogP contribution < -0.4 is 15.8 Å². The molecule has 1 unspecified atom stereocenters. The molecule has 0 aliphatic heterocycles. The zero-order valence-corrected chi connectivity index (χ0v) is 16.5. The number of benzene rings is 1. The zero-order chi connectivity index (χ0) is 21.0. The molecule has 1 saturated carbocycles. The summed E-state index contributed by atoms with van der Waals surface area (Å²) in [5.41, 5.74) is 5.41. The number of aromatic nitrogens is 3. The number of hydrogen-bond acceptors (Lipinski definition) is 6. The molecule has 1 aromatic carbocycles. The number of ether oxygens (including phenoxy) is 1. The van der Waals surface area contributed by atoms with Crippen LogP contribution in [0.15, 0.2) is 29.4 Å². The van der Waals surface area contributed by atoms with E-state index in [0.717, 1.165) is 18.7 Å². The van der Waals surface area contributed by atoms with Crippen molar-refractivity contribution in [1.29, 1.82) is 0 Å². The van der Waals surface area contributed by atoms with Crippen LogP contribution in [0.25, 0.3) is 0 Å². The third-order valence-corrected chi connectivity index (χ3v) is 5.36. The van der Waals surface area contributed by atoms with Gasteiger partial charge >= 0.3 is 6.61 Å². The van der Waals surface area contributed by atoms with E-state index in [1.54, 1.807) is 13.0 Å². The van der Waals surface area contributed by atoms with Gasteiger partial charge in [-0.25, -0.2) is 0 Å². The van der Waals surface area contributed by atoms with Crippen LogP contribution in [0.1, 0.15) is 37.9 Å². The number of nitrogens with one attached hydrogen (secondary N) is 1. The van der Waals surface area contributed by atoms with Crippen LogP contribution in [0.5, 0.6) is 5.75 Å². The maximum Gasteiger partial charge on any atom is 0.387 e. The Bertz CT molecular complexity index is 888. The number of carbonyl (C=O) groups is 2. The summed E-state index contributed by atoms with van der Waals surface area (Å²) < 4.78 is 31.3. The van der Waals surface area contributed by atoms with Crippen LogP contribution in [0.3, 0.4) is 0 Å². The van der Waals surface area contributed by atoms with Gasteiger partial charge in [0.1, 0.15) is 11.6 Å². The number of amides is 2. The number of para-hydroxylation sites is 2. The maximum absolute atomic E-state index is 12.6. The Morgan fingerprint density at radius 2 is 2.07 bits per heavy atom. The van der Waals surface area contributed by atoms with Crippen molar-refractivity contribution in [3.63, 3.8) is 0 Å². The molecule has 2 amide bonds. The van der Waals surface area contributed by atoms with Gasteiger partial charge in [-0.3, -0.25) is 9.59 Å². The lowest BCUT2D eigenvalue weighted by atomic mass is 10.3. The molecule has 156 valence electrons. The minimum Gasteiger partial charge on any atom is -0.433 e. The molecular formula is C18H21F2N5O3S. The van der Waals surface area contributed by atoms with E-state index < -0.39 is 23.7 Å². The molecule has 1 aliphatic rings. The summed E-state index contributed by atoms with van der Waals surface area (Å²) >= 11 is 1.17. The summed E-state index contributed by atoms with van der Waals surface area (Å²) in [5, 5.41) is 10.9. The average Bonchev–Trinajstić information content (AvgIpc) is 3.43. The van der Waals surface area contributed by atoms with Crippen molar-refractivity contribution in [2.45, 2.75) is 55.7 Å². The van der Waals surface area contributed by atoms with Crippen LogP contribution >= 0.6 is 11.8 Å². The molecule has 0 saturated heterocycles. The summed E-state index contributed by atoms with van der Waals surface area (Å²) in [4.78, 5) is 23.8. The normalized spacial score (nSPS) is 14.6. The molecular weight excluding hydrogens is 404 g/mol. The molecule has 8 nitrogen and oxygen atoms in total. The third-order valence-electron chi connectivity index (χ3n) is 4.28. The van der Waals surface area contributed by atoms with Gasteiger partial charge in [0.15, 0.2) is 5.16 Å². The van der Waals surface area contributed by atoms with Crippen LogP contribution in [0.2, 0.25) is 0 Å². The van der Waals surface area contributed by atoms with Crippen molar-refractivity contribution >= 4 is 29.3 Å². The van der Waals surface area contributed by atoms with Crippen molar-refractivity contribution in [3.05, 3.63) is 30.1 Å². The first-order valence-corrected chi connectivity index (χ1v) is 9.96. The van der Waals surface area contributed by atoms with Crippen molar-refractivity contribution in [1.82, 2.24) is 14.8 Å². The molecule has 1 aromatic heterocycles.